The lowest BCUT2D eigenvalue weighted by molar-refractivity contribution is 0.0950. The van der Waals surface area contributed by atoms with E-state index < -0.39 is 11.7 Å². The van der Waals surface area contributed by atoms with Crippen molar-refractivity contribution in [3.63, 3.8) is 0 Å². The second-order valence-corrected chi connectivity index (χ2v) is 7.32. The summed E-state index contributed by atoms with van der Waals surface area (Å²) in [5.41, 5.74) is 0.0584. The largest absolute Gasteiger partial charge is 0.360 e. The van der Waals surface area contributed by atoms with Crippen LogP contribution < -0.4 is 15.5 Å². The number of hydrogen-bond acceptors (Lipinski definition) is 4. The van der Waals surface area contributed by atoms with Crippen molar-refractivity contribution < 1.29 is 9.18 Å². The first-order valence-electron chi connectivity index (χ1n) is 9.53. The van der Waals surface area contributed by atoms with Crippen molar-refractivity contribution in [2.45, 2.75) is 6.92 Å². The smallest absolute Gasteiger partial charge is 0.254 e. The average molecular weight is 531 g/mol. The average Bonchev–Trinajstić information content (AvgIpc) is 3.25. The van der Waals surface area contributed by atoms with Gasteiger partial charge in [-0.15, -0.1) is 35.3 Å². The number of anilines is 1. The first kappa shape index (κ1) is 23.4. The van der Waals surface area contributed by atoms with Gasteiger partial charge in [-0.1, -0.05) is 12.1 Å². The number of nitrogens with one attached hydrogen (secondary N) is 2. The molecule has 9 heteroatoms. The zero-order valence-corrected chi connectivity index (χ0v) is 19.6. The lowest BCUT2D eigenvalue weighted by Gasteiger charge is -2.37. The molecule has 0 spiro atoms. The molecule has 2 N–H and O–H groups in total. The molecular formula is C20H27FIN5OS. The van der Waals surface area contributed by atoms with E-state index >= 15 is 0 Å². The van der Waals surface area contributed by atoms with Gasteiger partial charge in [-0.2, -0.15) is 0 Å². The normalized spacial score (nSPS) is 14.3. The number of aliphatic imine (C=N–C) groups is 1. The van der Waals surface area contributed by atoms with Gasteiger partial charge < -0.3 is 20.4 Å². The summed E-state index contributed by atoms with van der Waals surface area (Å²) in [4.78, 5) is 21.3. The van der Waals surface area contributed by atoms with Gasteiger partial charge >= 0.3 is 0 Å². The number of guanidine groups is 1. The Kier molecular flexibility index (Phi) is 9.65. The summed E-state index contributed by atoms with van der Waals surface area (Å²) >= 11 is 1.76. The van der Waals surface area contributed by atoms with Gasteiger partial charge in [-0.25, -0.2) is 4.39 Å². The minimum absolute atomic E-state index is 0. The zero-order chi connectivity index (χ0) is 19.8. The van der Waals surface area contributed by atoms with Crippen LogP contribution in [0.5, 0.6) is 0 Å². The fraction of sp³-hybridized carbons (Fsp3) is 0.400. The molecule has 1 aliphatic rings. The van der Waals surface area contributed by atoms with Gasteiger partial charge in [0, 0.05) is 39.3 Å². The predicted octanol–water partition coefficient (Wildman–Crippen LogP) is 3.02. The Bertz CT molecular complexity index is 794. The molecule has 6 nitrogen and oxygen atoms in total. The number of halogens is 2. The van der Waals surface area contributed by atoms with Crippen LogP contribution in [-0.4, -0.2) is 62.6 Å². The molecule has 2 heterocycles. The van der Waals surface area contributed by atoms with E-state index in [1.165, 1.54) is 17.1 Å². The highest BCUT2D eigenvalue weighted by Crippen LogP contribution is 2.22. The first-order valence-corrected chi connectivity index (χ1v) is 10.4. The first-order chi connectivity index (χ1) is 13.7. The molecule has 1 saturated heterocycles. The van der Waals surface area contributed by atoms with Crippen LogP contribution in [0.25, 0.3) is 0 Å². The van der Waals surface area contributed by atoms with Crippen LogP contribution in [0.3, 0.4) is 0 Å². The molecule has 1 aliphatic heterocycles. The summed E-state index contributed by atoms with van der Waals surface area (Å²) in [6.45, 7) is 7.31. The maximum absolute atomic E-state index is 13.6. The Morgan fingerprint density at radius 2 is 1.90 bits per heavy atom. The Hall–Kier alpha value is -1.88. The zero-order valence-electron chi connectivity index (χ0n) is 16.4. The Morgan fingerprint density at radius 3 is 2.55 bits per heavy atom. The lowest BCUT2D eigenvalue weighted by atomic mass is 10.2. The molecule has 0 bridgehead atoms. The molecule has 2 aromatic rings. The number of nitrogens with zero attached hydrogens (tertiary/aromatic N) is 3. The van der Waals surface area contributed by atoms with E-state index in [-0.39, 0.29) is 29.5 Å². The number of benzene rings is 1. The quantitative estimate of drug-likeness (QED) is 0.261. The van der Waals surface area contributed by atoms with Crippen LogP contribution in [0.4, 0.5) is 9.39 Å². The summed E-state index contributed by atoms with van der Waals surface area (Å²) in [6.07, 6.45) is 0. The standard InChI is InChI=1S/C20H26FN5OS.HI/c1-2-22-20(26-13-11-25(12-14-26)18-8-5-15-28-18)24-10-9-23-19(27)16-6-3-4-7-17(16)21;/h3-8,15H,2,9-14H2,1H3,(H,22,24)(H,23,27);1H. The SMILES string of the molecule is CCNC(=NCCNC(=O)c1ccccc1F)N1CCN(c2cccs2)CC1.I. The monoisotopic (exact) mass is 531 g/mol. The van der Waals surface area contributed by atoms with Crippen LogP contribution >= 0.6 is 35.3 Å². The second kappa shape index (κ2) is 12.0. The molecule has 1 aromatic carbocycles. The van der Waals surface area contributed by atoms with Gasteiger partial charge in [-0.05, 0) is 36.6 Å². The van der Waals surface area contributed by atoms with Crippen molar-refractivity contribution in [1.82, 2.24) is 15.5 Å². The number of carbonyl (C=O) groups excluding carboxylic acids is 1. The van der Waals surface area contributed by atoms with E-state index in [4.69, 9.17) is 0 Å². The molecule has 29 heavy (non-hydrogen) atoms. The van der Waals surface area contributed by atoms with E-state index in [0.717, 1.165) is 38.7 Å². The maximum atomic E-state index is 13.6. The highest BCUT2D eigenvalue weighted by molar-refractivity contribution is 14.0. The molecule has 158 valence electrons. The number of carbonyl (C=O) groups is 1. The van der Waals surface area contributed by atoms with Gasteiger partial charge in [-0.3, -0.25) is 9.79 Å². The Labute approximate surface area is 192 Å². The molecule has 0 atom stereocenters. The molecule has 0 saturated carbocycles. The summed E-state index contributed by atoms with van der Waals surface area (Å²) in [5, 5.41) is 9.45. The van der Waals surface area contributed by atoms with Crippen LogP contribution in [0.15, 0.2) is 46.8 Å². The molecule has 0 aliphatic carbocycles. The van der Waals surface area contributed by atoms with Crippen molar-refractivity contribution in [3.05, 3.63) is 53.2 Å². The maximum Gasteiger partial charge on any atom is 0.254 e. The number of amides is 1. The minimum atomic E-state index is -0.513. The topological polar surface area (TPSA) is 60.0 Å². The molecule has 1 aromatic heterocycles. The third kappa shape index (κ3) is 6.56. The third-order valence-electron chi connectivity index (χ3n) is 4.51. The van der Waals surface area contributed by atoms with Crippen molar-refractivity contribution in [3.8, 4) is 0 Å². The van der Waals surface area contributed by atoms with Crippen molar-refractivity contribution in [2.75, 3.05) is 50.7 Å². The van der Waals surface area contributed by atoms with Crippen molar-refractivity contribution >= 4 is 52.2 Å². The lowest BCUT2D eigenvalue weighted by Crippen LogP contribution is -2.52. The van der Waals surface area contributed by atoms with Crippen molar-refractivity contribution in [1.29, 1.82) is 0 Å². The van der Waals surface area contributed by atoms with Crippen LogP contribution in [0.2, 0.25) is 0 Å². The summed E-state index contributed by atoms with van der Waals surface area (Å²) < 4.78 is 13.6. The molecule has 0 radical (unpaired) electrons. The summed E-state index contributed by atoms with van der Waals surface area (Å²) in [6, 6.07) is 10.2. The van der Waals surface area contributed by atoms with E-state index in [0.29, 0.717) is 13.1 Å². The fourth-order valence-corrected chi connectivity index (χ4v) is 3.87. The van der Waals surface area contributed by atoms with Gasteiger partial charge in [0.1, 0.15) is 5.82 Å². The van der Waals surface area contributed by atoms with Gasteiger partial charge in [0.05, 0.1) is 17.1 Å². The molecule has 3 rings (SSSR count). The van der Waals surface area contributed by atoms with E-state index in [9.17, 15) is 9.18 Å². The van der Waals surface area contributed by atoms with Crippen LogP contribution in [0, 0.1) is 5.82 Å². The number of piperazine rings is 1. The van der Waals surface area contributed by atoms with Crippen LogP contribution in [0.1, 0.15) is 17.3 Å². The summed E-state index contributed by atoms with van der Waals surface area (Å²) in [7, 11) is 0. The highest BCUT2D eigenvalue weighted by Gasteiger charge is 2.20. The molecule has 1 amide bonds. The number of rotatable bonds is 6. The number of hydrogen-bond donors (Lipinski definition) is 2. The Balaban J connectivity index is 0.00000300. The van der Waals surface area contributed by atoms with E-state index in [1.54, 1.807) is 23.5 Å². The Morgan fingerprint density at radius 1 is 1.14 bits per heavy atom. The predicted molar refractivity (Wildman–Crippen MR) is 128 cm³/mol. The van der Waals surface area contributed by atoms with Gasteiger partial charge in [0.25, 0.3) is 5.91 Å². The van der Waals surface area contributed by atoms with Gasteiger partial charge in [0.15, 0.2) is 5.96 Å². The minimum Gasteiger partial charge on any atom is -0.360 e. The molecular weight excluding hydrogens is 504 g/mol. The van der Waals surface area contributed by atoms with Crippen molar-refractivity contribution in [2.24, 2.45) is 4.99 Å². The molecule has 1 fully saturated rings. The molecule has 0 unspecified atom stereocenters. The number of thiophene rings is 1. The summed E-state index contributed by atoms with van der Waals surface area (Å²) in [5.74, 6) is -0.0724. The van der Waals surface area contributed by atoms with Gasteiger partial charge in [0.2, 0.25) is 0 Å². The second-order valence-electron chi connectivity index (χ2n) is 6.40. The fourth-order valence-electron chi connectivity index (χ4n) is 3.09. The van der Waals surface area contributed by atoms with E-state index in [2.05, 4.69) is 42.9 Å². The van der Waals surface area contributed by atoms with Crippen LogP contribution in [-0.2, 0) is 0 Å². The third-order valence-corrected chi connectivity index (χ3v) is 5.44. The highest BCUT2D eigenvalue weighted by atomic mass is 127. The van der Waals surface area contributed by atoms with E-state index in [1.807, 2.05) is 6.92 Å².